The second-order valence-corrected chi connectivity index (χ2v) is 7.35. The quantitative estimate of drug-likeness (QED) is 0.538. The molecule has 0 saturated carbocycles. The summed E-state index contributed by atoms with van der Waals surface area (Å²) in [6, 6.07) is 15.7. The largest absolute Gasteiger partial charge is 0.433 e. The summed E-state index contributed by atoms with van der Waals surface area (Å²) in [5.74, 6) is 0.280. The molecular formula is C20H20F2N4O2S. The number of anilines is 1. The normalized spacial score (nSPS) is 12.0. The topological polar surface area (TPSA) is 69.0 Å². The minimum absolute atomic E-state index is 0.0869. The summed E-state index contributed by atoms with van der Waals surface area (Å²) in [6.45, 7) is 1.36. The summed E-state index contributed by atoms with van der Waals surface area (Å²) in [5, 5.41) is 11.2. The van der Waals surface area contributed by atoms with Crippen molar-refractivity contribution in [3.63, 3.8) is 0 Å². The van der Waals surface area contributed by atoms with E-state index in [0.717, 1.165) is 11.4 Å². The molecule has 0 aliphatic heterocycles. The molecule has 1 N–H and O–H groups in total. The van der Waals surface area contributed by atoms with Crippen LogP contribution in [0.4, 0.5) is 14.5 Å². The lowest BCUT2D eigenvalue weighted by Crippen LogP contribution is -2.23. The summed E-state index contributed by atoms with van der Waals surface area (Å²) in [4.78, 5) is 12.6. The number of aromatic nitrogens is 3. The second kappa shape index (κ2) is 9.51. The molecule has 0 aliphatic rings. The molecule has 0 unspecified atom stereocenters. The molecule has 152 valence electrons. The van der Waals surface area contributed by atoms with Crippen LogP contribution in [0.5, 0.6) is 5.75 Å². The minimum Gasteiger partial charge on any atom is -0.433 e. The van der Waals surface area contributed by atoms with Crippen molar-refractivity contribution in [3.05, 3.63) is 54.6 Å². The van der Waals surface area contributed by atoms with Gasteiger partial charge in [0.15, 0.2) is 11.0 Å². The van der Waals surface area contributed by atoms with Gasteiger partial charge < -0.3 is 14.6 Å². The predicted octanol–water partition coefficient (Wildman–Crippen LogP) is 4.69. The van der Waals surface area contributed by atoms with Gasteiger partial charge >= 0.3 is 6.61 Å². The lowest BCUT2D eigenvalue weighted by Gasteiger charge is -2.15. The lowest BCUT2D eigenvalue weighted by atomic mass is 10.2. The van der Waals surface area contributed by atoms with Gasteiger partial charge in [0, 0.05) is 12.1 Å². The van der Waals surface area contributed by atoms with Crippen molar-refractivity contribution in [2.24, 2.45) is 0 Å². The Hall–Kier alpha value is -2.94. The van der Waals surface area contributed by atoms with Gasteiger partial charge in [-0.15, -0.1) is 10.2 Å². The van der Waals surface area contributed by atoms with Crippen LogP contribution in [0.2, 0.25) is 0 Å². The van der Waals surface area contributed by atoms with Crippen molar-refractivity contribution in [2.75, 3.05) is 5.32 Å². The Morgan fingerprint density at radius 3 is 2.52 bits per heavy atom. The van der Waals surface area contributed by atoms with Crippen LogP contribution in [-0.2, 0) is 11.3 Å². The number of hydrogen-bond acceptors (Lipinski definition) is 5. The highest BCUT2D eigenvalue weighted by Gasteiger charge is 2.21. The van der Waals surface area contributed by atoms with Gasteiger partial charge in [0.05, 0.1) is 10.9 Å². The molecular weight excluding hydrogens is 398 g/mol. The molecule has 0 aliphatic carbocycles. The third kappa shape index (κ3) is 5.11. The average Bonchev–Trinajstić information content (AvgIpc) is 3.12. The van der Waals surface area contributed by atoms with E-state index >= 15 is 0 Å². The summed E-state index contributed by atoms with van der Waals surface area (Å²) in [5.41, 5.74) is 1.12. The van der Waals surface area contributed by atoms with Crippen molar-refractivity contribution in [1.82, 2.24) is 14.8 Å². The van der Waals surface area contributed by atoms with Crippen LogP contribution in [0.1, 0.15) is 13.8 Å². The Morgan fingerprint density at radius 2 is 1.83 bits per heavy atom. The van der Waals surface area contributed by atoms with E-state index in [9.17, 15) is 13.6 Å². The van der Waals surface area contributed by atoms with Crippen LogP contribution in [0.25, 0.3) is 11.4 Å². The predicted molar refractivity (Wildman–Crippen MR) is 108 cm³/mol. The molecule has 0 spiro atoms. The fourth-order valence-corrected chi connectivity index (χ4v) is 3.59. The van der Waals surface area contributed by atoms with Gasteiger partial charge in [-0.25, -0.2) is 0 Å². The number of para-hydroxylation sites is 2. The molecule has 1 atom stereocenters. The third-order valence-electron chi connectivity index (χ3n) is 4.08. The van der Waals surface area contributed by atoms with Crippen LogP contribution < -0.4 is 10.1 Å². The van der Waals surface area contributed by atoms with Crippen molar-refractivity contribution < 1.29 is 18.3 Å². The van der Waals surface area contributed by atoms with E-state index in [1.54, 1.807) is 19.1 Å². The number of halogens is 2. The number of benzene rings is 2. The van der Waals surface area contributed by atoms with Gasteiger partial charge in [-0.05, 0) is 26.0 Å². The maximum Gasteiger partial charge on any atom is 0.387 e. The van der Waals surface area contributed by atoms with Gasteiger partial charge in [0.2, 0.25) is 5.91 Å². The minimum atomic E-state index is -2.97. The van der Waals surface area contributed by atoms with Gasteiger partial charge in [-0.2, -0.15) is 8.78 Å². The van der Waals surface area contributed by atoms with E-state index in [-0.39, 0.29) is 17.3 Å². The molecule has 3 rings (SSSR count). The van der Waals surface area contributed by atoms with E-state index in [1.807, 2.05) is 41.8 Å². The van der Waals surface area contributed by atoms with E-state index < -0.39 is 11.9 Å². The summed E-state index contributed by atoms with van der Waals surface area (Å²) in [7, 11) is 0. The van der Waals surface area contributed by atoms with E-state index in [0.29, 0.717) is 11.7 Å². The first-order chi connectivity index (χ1) is 14.0. The molecule has 0 saturated heterocycles. The van der Waals surface area contributed by atoms with Crippen molar-refractivity contribution in [1.29, 1.82) is 0 Å². The fraction of sp³-hybridized carbons (Fsp3) is 0.250. The van der Waals surface area contributed by atoms with Crippen LogP contribution in [0.15, 0.2) is 59.8 Å². The second-order valence-electron chi connectivity index (χ2n) is 6.04. The Labute approximate surface area is 171 Å². The third-order valence-corrected chi connectivity index (χ3v) is 5.16. The van der Waals surface area contributed by atoms with Gasteiger partial charge in [-0.1, -0.05) is 54.2 Å². The van der Waals surface area contributed by atoms with E-state index in [2.05, 4.69) is 20.3 Å². The maximum absolute atomic E-state index is 12.6. The van der Waals surface area contributed by atoms with Crippen molar-refractivity contribution in [3.8, 4) is 17.1 Å². The first-order valence-electron chi connectivity index (χ1n) is 8.99. The zero-order valence-corrected chi connectivity index (χ0v) is 16.7. The summed E-state index contributed by atoms with van der Waals surface area (Å²) >= 11 is 1.25. The lowest BCUT2D eigenvalue weighted by molar-refractivity contribution is -0.115. The Bertz CT molecular complexity index is 966. The van der Waals surface area contributed by atoms with E-state index in [1.165, 1.54) is 23.9 Å². The molecule has 2 aromatic carbocycles. The van der Waals surface area contributed by atoms with Gasteiger partial charge in [0.25, 0.3) is 0 Å². The zero-order chi connectivity index (χ0) is 20.8. The number of hydrogen-bond donors (Lipinski definition) is 1. The molecule has 9 heteroatoms. The number of rotatable bonds is 8. The van der Waals surface area contributed by atoms with Crippen molar-refractivity contribution in [2.45, 2.75) is 37.4 Å². The average molecular weight is 418 g/mol. The fourth-order valence-electron chi connectivity index (χ4n) is 2.68. The van der Waals surface area contributed by atoms with Gasteiger partial charge in [0.1, 0.15) is 5.75 Å². The first kappa shape index (κ1) is 20.8. The smallest absolute Gasteiger partial charge is 0.387 e. The van der Waals surface area contributed by atoms with Crippen LogP contribution in [-0.4, -0.2) is 32.5 Å². The molecule has 0 bridgehead atoms. The molecule has 3 aromatic rings. The standard InChI is InChI=1S/C20H20F2N4O2S/c1-3-26-17(14-9-5-4-6-10-14)24-25-20(26)29-13(2)18(27)23-15-11-7-8-12-16(15)28-19(21)22/h4-13,19H,3H2,1-2H3,(H,23,27)/t13-/m1/s1. The number of alkyl halides is 2. The molecule has 0 fully saturated rings. The Kier molecular flexibility index (Phi) is 6.82. The van der Waals surface area contributed by atoms with Crippen LogP contribution in [0.3, 0.4) is 0 Å². The summed E-state index contributed by atoms with van der Waals surface area (Å²) in [6.07, 6.45) is 0. The Balaban J connectivity index is 1.73. The first-order valence-corrected chi connectivity index (χ1v) is 9.87. The molecule has 0 radical (unpaired) electrons. The number of amides is 1. The van der Waals surface area contributed by atoms with Crippen LogP contribution >= 0.6 is 11.8 Å². The highest BCUT2D eigenvalue weighted by molar-refractivity contribution is 8.00. The zero-order valence-electron chi connectivity index (χ0n) is 15.9. The van der Waals surface area contributed by atoms with Gasteiger partial charge in [-0.3, -0.25) is 4.79 Å². The molecule has 1 amide bonds. The highest BCUT2D eigenvalue weighted by atomic mass is 32.2. The van der Waals surface area contributed by atoms with E-state index in [4.69, 9.17) is 0 Å². The van der Waals surface area contributed by atoms with Crippen molar-refractivity contribution >= 4 is 23.4 Å². The number of carbonyl (C=O) groups is 1. The molecule has 1 heterocycles. The monoisotopic (exact) mass is 418 g/mol. The number of ether oxygens (including phenoxy) is 1. The highest BCUT2D eigenvalue weighted by Crippen LogP contribution is 2.29. The molecule has 1 aromatic heterocycles. The molecule has 6 nitrogen and oxygen atoms in total. The number of nitrogens with zero attached hydrogens (tertiary/aromatic N) is 3. The molecule has 29 heavy (non-hydrogen) atoms. The number of thioether (sulfide) groups is 1. The number of nitrogens with one attached hydrogen (secondary N) is 1. The Morgan fingerprint density at radius 1 is 1.14 bits per heavy atom. The van der Waals surface area contributed by atoms with Crippen LogP contribution in [0, 0.1) is 0 Å². The summed E-state index contributed by atoms with van der Waals surface area (Å²) < 4.78 is 31.5. The maximum atomic E-state index is 12.6. The SMILES string of the molecule is CCn1c(S[C@H](C)C(=O)Nc2ccccc2OC(F)F)nnc1-c1ccccc1. The number of carbonyl (C=O) groups excluding carboxylic acids is 1.